The Morgan fingerprint density at radius 2 is 2.38 bits per heavy atom. The monoisotopic (exact) mass is 354 g/mol. The Bertz CT molecular complexity index is 505. The quantitative estimate of drug-likeness (QED) is 0.480. The molecular formula is C9H8FIN2O2S. The normalized spacial score (nSPS) is 10.9. The SMILES string of the molecule is CCOSOc1c(F)nc2ccc(I)cn12. The van der Waals surface area contributed by atoms with Gasteiger partial charge < -0.3 is 4.18 Å². The van der Waals surface area contributed by atoms with Crippen LogP contribution in [-0.2, 0) is 4.18 Å². The first kappa shape index (κ1) is 11.9. The second kappa shape index (κ2) is 5.19. The molecule has 0 radical (unpaired) electrons. The minimum absolute atomic E-state index is 0.0481. The molecule has 0 fully saturated rings. The Kier molecular flexibility index (Phi) is 3.87. The maximum absolute atomic E-state index is 13.4. The molecule has 0 aliphatic carbocycles. The van der Waals surface area contributed by atoms with Crippen molar-refractivity contribution in [2.75, 3.05) is 6.61 Å². The maximum atomic E-state index is 13.4. The van der Waals surface area contributed by atoms with Crippen molar-refractivity contribution in [3.05, 3.63) is 27.8 Å². The summed E-state index contributed by atoms with van der Waals surface area (Å²) in [7, 11) is 0. The third-order valence-corrected chi connectivity index (χ3v) is 2.97. The molecule has 2 aromatic rings. The molecule has 86 valence electrons. The first-order chi connectivity index (χ1) is 7.72. The molecule has 16 heavy (non-hydrogen) atoms. The summed E-state index contributed by atoms with van der Waals surface area (Å²) in [5, 5.41) is 0. The minimum atomic E-state index is -0.644. The highest BCUT2D eigenvalue weighted by Crippen LogP contribution is 2.24. The van der Waals surface area contributed by atoms with Crippen LogP contribution in [0.1, 0.15) is 6.92 Å². The number of imidazole rings is 1. The number of halogens is 2. The highest BCUT2D eigenvalue weighted by molar-refractivity contribution is 14.1. The number of nitrogens with zero attached hydrogens (tertiary/aromatic N) is 2. The molecule has 2 heterocycles. The van der Waals surface area contributed by atoms with E-state index in [1.54, 1.807) is 16.7 Å². The van der Waals surface area contributed by atoms with Crippen molar-refractivity contribution in [3.8, 4) is 5.88 Å². The van der Waals surface area contributed by atoms with Crippen molar-refractivity contribution < 1.29 is 12.8 Å². The molecule has 0 saturated heterocycles. The summed E-state index contributed by atoms with van der Waals surface area (Å²) in [6.45, 7) is 2.31. The van der Waals surface area contributed by atoms with E-state index in [2.05, 4.69) is 27.6 Å². The first-order valence-corrected chi connectivity index (χ1v) is 6.26. The lowest BCUT2D eigenvalue weighted by Gasteiger charge is -2.02. The van der Waals surface area contributed by atoms with Gasteiger partial charge in [0, 0.05) is 9.77 Å². The fraction of sp³-hybridized carbons (Fsp3) is 0.222. The lowest BCUT2D eigenvalue weighted by atomic mass is 10.5. The summed E-state index contributed by atoms with van der Waals surface area (Å²) in [6, 6.07) is 3.57. The molecule has 7 heteroatoms. The molecule has 0 bridgehead atoms. The Labute approximate surface area is 110 Å². The highest BCUT2D eigenvalue weighted by atomic mass is 127. The number of fused-ring (bicyclic) bond motifs is 1. The molecule has 0 aromatic carbocycles. The maximum Gasteiger partial charge on any atom is 0.277 e. The van der Waals surface area contributed by atoms with Crippen LogP contribution in [-0.4, -0.2) is 16.0 Å². The summed E-state index contributed by atoms with van der Waals surface area (Å²) >= 11 is 2.88. The van der Waals surface area contributed by atoms with Crippen LogP contribution >= 0.6 is 34.9 Å². The van der Waals surface area contributed by atoms with Crippen molar-refractivity contribution in [2.45, 2.75) is 6.92 Å². The number of pyridine rings is 1. The van der Waals surface area contributed by atoms with Crippen molar-refractivity contribution in [2.24, 2.45) is 0 Å². The van der Waals surface area contributed by atoms with E-state index in [0.29, 0.717) is 12.3 Å². The van der Waals surface area contributed by atoms with Gasteiger partial charge in [0.15, 0.2) is 0 Å². The topological polar surface area (TPSA) is 35.8 Å². The molecule has 0 unspecified atom stereocenters. The summed E-state index contributed by atoms with van der Waals surface area (Å²) in [5.41, 5.74) is 0.505. The van der Waals surface area contributed by atoms with Crippen LogP contribution in [0.4, 0.5) is 4.39 Å². The standard InChI is InChI=1S/C9H8FIN2O2S/c1-2-14-16-15-9-8(10)12-7-4-3-6(11)5-13(7)9/h3-5H,2H2,1H3. The molecule has 0 atom stereocenters. The molecule has 0 aliphatic rings. The Balaban J connectivity index is 2.34. The van der Waals surface area contributed by atoms with Crippen LogP contribution < -0.4 is 4.18 Å². The number of hydrogen-bond donors (Lipinski definition) is 0. The van der Waals surface area contributed by atoms with E-state index in [9.17, 15) is 4.39 Å². The van der Waals surface area contributed by atoms with Crippen LogP contribution in [0, 0.1) is 9.52 Å². The highest BCUT2D eigenvalue weighted by Gasteiger charge is 2.14. The fourth-order valence-corrected chi connectivity index (χ4v) is 1.96. The van der Waals surface area contributed by atoms with Crippen molar-refractivity contribution in [1.82, 2.24) is 9.38 Å². The fourth-order valence-electron chi connectivity index (χ4n) is 1.15. The Hall–Kier alpha value is -0.540. The van der Waals surface area contributed by atoms with E-state index >= 15 is 0 Å². The summed E-state index contributed by atoms with van der Waals surface area (Å²) in [4.78, 5) is 3.73. The second-order valence-corrected chi connectivity index (χ2v) is 4.63. The molecule has 0 N–H and O–H groups in total. The van der Waals surface area contributed by atoms with Crippen molar-refractivity contribution in [1.29, 1.82) is 0 Å². The van der Waals surface area contributed by atoms with Gasteiger partial charge in [0.25, 0.3) is 11.8 Å². The summed E-state index contributed by atoms with van der Waals surface area (Å²) in [6.07, 6.45) is 1.74. The van der Waals surface area contributed by atoms with E-state index in [1.807, 2.05) is 13.0 Å². The molecule has 0 aliphatic heterocycles. The van der Waals surface area contributed by atoms with Crippen LogP contribution in [0.25, 0.3) is 5.65 Å². The van der Waals surface area contributed by atoms with Gasteiger partial charge in [0.05, 0.1) is 6.61 Å². The van der Waals surface area contributed by atoms with Crippen molar-refractivity contribution >= 4 is 40.6 Å². The zero-order valence-electron chi connectivity index (χ0n) is 8.31. The van der Waals surface area contributed by atoms with E-state index in [0.717, 1.165) is 15.9 Å². The van der Waals surface area contributed by atoms with E-state index in [-0.39, 0.29) is 5.88 Å². The Morgan fingerprint density at radius 3 is 3.12 bits per heavy atom. The van der Waals surface area contributed by atoms with Gasteiger partial charge in [-0.3, -0.25) is 8.58 Å². The van der Waals surface area contributed by atoms with E-state index in [1.165, 1.54) is 0 Å². The molecule has 0 saturated carbocycles. The number of aromatic nitrogens is 2. The van der Waals surface area contributed by atoms with Gasteiger partial charge in [0.2, 0.25) is 12.3 Å². The zero-order valence-corrected chi connectivity index (χ0v) is 11.3. The molecule has 2 aromatic heterocycles. The number of rotatable bonds is 4. The van der Waals surface area contributed by atoms with E-state index in [4.69, 9.17) is 8.37 Å². The molecular weight excluding hydrogens is 346 g/mol. The summed E-state index contributed by atoms with van der Waals surface area (Å²) < 4.78 is 26.0. The Morgan fingerprint density at radius 1 is 1.56 bits per heavy atom. The van der Waals surface area contributed by atoms with Gasteiger partial charge in [-0.2, -0.15) is 9.37 Å². The number of hydrogen-bond acceptors (Lipinski definition) is 4. The molecule has 2 rings (SSSR count). The predicted octanol–water partition coefficient (Wildman–Crippen LogP) is 3.06. The molecule has 0 spiro atoms. The molecule has 4 nitrogen and oxygen atoms in total. The van der Waals surface area contributed by atoms with Gasteiger partial charge >= 0.3 is 0 Å². The van der Waals surface area contributed by atoms with E-state index < -0.39 is 5.95 Å². The zero-order chi connectivity index (χ0) is 11.5. The predicted molar refractivity (Wildman–Crippen MR) is 67.7 cm³/mol. The third kappa shape index (κ3) is 2.41. The average Bonchev–Trinajstić information content (AvgIpc) is 2.56. The van der Waals surface area contributed by atoms with Gasteiger partial charge in [-0.05, 0) is 41.6 Å². The van der Waals surface area contributed by atoms with Crippen LogP contribution in [0.2, 0.25) is 0 Å². The average molecular weight is 354 g/mol. The van der Waals surface area contributed by atoms with Crippen LogP contribution in [0.3, 0.4) is 0 Å². The lowest BCUT2D eigenvalue weighted by Crippen LogP contribution is -1.92. The van der Waals surface area contributed by atoms with Gasteiger partial charge in [-0.1, -0.05) is 0 Å². The smallest absolute Gasteiger partial charge is 0.277 e. The molecule has 0 amide bonds. The van der Waals surface area contributed by atoms with Crippen LogP contribution in [0.5, 0.6) is 5.88 Å². The lowest BCUT2D eigenvalue weighted by molar-refractivity contribution is 0.361. The summed E-state index contributed by atoms with van der Waals surface area (Å²) in [5.74, 6) is -0.596. The third-order valence-electron chi connectivity index (χ3n) is 1.78. The van der Waals surface area contributed by atoms with Gasteiger partial charge in [-0.25, -0.2) is 0 Å². The minimum Gasteiger partial charge on any atom is -0.376 e. The van der Waals surface area contributed by atoms with Gasteiger partial charge in [0.1, 0.15) is 5.65 Å². The second-order valence-electron chi connectivity index (χ2n) is 2.84. The van der Waals surface area contributed by atoms with Crippen molar-refractivity contribution in [3.63, 3.8) is 0 Å². The van der Waals surface area contributed by atoms with Gasteiger partial charge in [-0.15, -0.1) is 0 Å². The van der Waals surface area contributed by atoms with Crippen LogP contribution in [0.15, 0.2) is 18.3 Å². The first-order valence-electron chi connectivity index (χ1n) is 4.51. The largest absolute Gasteiger partial charge is 0.376 e.